The number of hydrogen-bond donors (Lipinski definition) is 2. The SMILES string of the molecule is CNCC(NCc1ccccc1OC)C(OC)c1ccccc1. The Labute approximate surface area is 138 Å². The fourth-order valence-corrected chi connectivity index (χ4v) is 2.77. The van der Waals surface area contributed by atoms with E-state index in [0.717, 1.165) is 24.4 Å². The van der Waals surface area contributed by atoms with Crippen LogP contribution in [0.1, 0.15) is 17.2 Å². The molecule has 0 aliphatic carbocycles. The summed E-state index contributed by atoms with van der Waals surface area (Å²) in [6.45, 7) is 1.53. The number of nitrogens with one attached hydrogen (secondary N) is 2. The molecule has 0 amide bonds. The van der Waals surface area contributed by atoms with Crippen LogP contribution in [0.15, 0.2) is 54.6 Å². The predicted molar refractivity (Wildman–Crippen MR) is 93.7 cm³/mol. The molecule has 2 N–H and O–H groups in total. The summed E-state index contributed by atoms with van der Waals surface area (Å²) in [5.41, 5.74) is 2.31. The van der Waals surface area contributed by atoms with Crippen molar-refractivity contribution < 1.29 is 9.47 Å². The Hall–Kier alpha value is -1.88. The Bertz CT molecular complexity index is 575. The Kier molecular flexibility index (Phi) is 7.07. The first-order valence-corrected chi connectivity index (χ1v) is 7.87. The van der Waals surface area contributed by atoms with E-state index < -0.39 is 0 Å². The van der Waals surface area contributed by atoms with E-state index in [1.165, 1.54) is 5.56 Å². The highest BCUT2D eigenvalue weighted by molar-refractivity contribution is 5.33. The van der Waals surface area contributed by atoms with Crippen LogP contribution in [0.5, 0.6) is 5.75 Å². The van der Waals surface area contributed by atoms with Crippen LogP contribution >= 0.6 is 0 Å². The van der Waals surface area contributed by atoms with Crippen molar-refractivity contribution in [3.8, 4) is 5.75 Å². The largest absolute Gasteiger partial charge is 0.496 e. The van der Waals surface area contributed by atoms with Gasteiger partial charge in [-0.25, -0.2) is 0 Å². The average molecular weight is 314 g/mol. The third kappa shape index (κ3) is 4.79. The number of benzene rings is 2. The monoisotopic (exact) mass is 314 g/mol. The predicted octanol–water partition coefficient (Wildman–Crippen LogP) is 2.76. The first kappa shape index (κ1) is 17.5. The van der Waals surface area contributed by atoms with E-state index in [2.05, 4.69) is 28.8 Å². The molecule has 0 saturated heterocycles. The Morgan fingerprint density at radius 1 is 0.957 bits per heavy atom. The minimum atomic E-state index is -0.0154. The van der Waals surface area contributed by atoms with Gasteiger partial charge in [0, 0.05) is 25.8 Å². The number of para-hydroxylation sites is 1. The van der Waals surface area contributed by atoms with Crippen LogP contribution in [0.25, 0.3) is 0 Å². The first-order chi connectivity index (χ1) is 11.3. The van der Waals surface area contributed by atoms with E-state index in [0.29, 0.717) is 0 Å². The van der Waals surface area contributed by atoms with Crippen LogP contribution in [-0.4, -0.2) is 33.9 Å². The van der Waals surface area contributed by atoms with Gasteiger partial charge < -0.3 is 20.1 Å². The summed E-state index contributed by atoms with van der Waals surface area (Å²) in [6, 6.07) is 18.5. The third-order valence-electron chi connectivity index (χ3n) is 3.92. The number of rotatable bonds is 9. The van der Waals surface area contributed by atoms with Gasteiger partial charge in [-0.3, -0.25) is 0 Å². The van der Waals surface area contributed by atoms with Gasteiger partial charge in [0.2, 0.25) is 0 Å². The van der Waals surface area contributed by atoms with Gasteiger partial charge in [-0.05, 0) is 18.7 Å². The summed E-state index contributed by atoms with van der Waals surface area (Å²) in [5.74, 6) is 0.900. The summed E-state index contributed by atoms with van der Waals surface area (Å²) in [7, 11) is 5.41. The normalized spacial score (nSPS) is 13.5. The molecule has 0 spiro atoms. The van der Waals surface area contributed by atoms with Crippen molar-refractivity contribution in [2.24, 2.45) is 0 Å². The van der Waals surface area contributed by atoms with Crippen molar-refractivity contribution in [1.82, 2.24) is 10.6 Å². The maximum atomic E-state index is 5.76. The zero-order chi connectivity index (χ0) is 16.5. The van der Waals surface area contributed by atoms with Crippen molar-refractivity contribution in [3.63, 3.8) is 0 Å². The Morgan fingerprint density at radius 2 is 1.65 bits per heavy atom. The van der Waals surface area contributed by atoms with Crippen molar-refractivity contribution in [3.05, 3.63) is 65.7 Å². The maximum Gasteiger partial charge on any atom is 0.123 e. The highest BCUT2D eigenvalue weighted by atomic mass is 16.5. The average Bonchev–Trinajstić information content (AvgIpc) is 2.61. The molecule has 23 heavy (non-hydrogen) atoms. The highest BCUT2D eigenvalue weighted by Gasteiger charge is 2.22. The van der Waals surface area contributed by atoms with E-state index in [1.807, 2.05) is 43.4 Å². The second kappa shape index (κ2) is 9.30. The molecule has 4 heteroatoms. The van der Waals surface area contributed by atoms with Gasteiger partial charge in [-0.1, -0.05) is 48.5 Å². The topological polar surface area (TPSA) is 42.5 Å². The Balaban J connectivity index is 2.11. The fraction of sp³-hybridized carbons (Fsp3) is 0.368. The molecule has 0 aliphatic rings. The highest BCUT2D eigenvalue weighted by Crippen LogP contribution is 2.22. The van der Waals surface area contributed by atoms with E-state index in [9.17, 15) is 0 Å². The van der Waals surface area contributed by atoms with Crippen LogP contribution < -0.4 is 15.4 Å². The van der Waals surface area contributed by atoms with Gasteiger partial charge in [-0.2, -0.15) is 0 Å². The van der Waals surface area contributed by atoms with E-state index in [-0.39, 0.29) is 12.1 Å². The molecule has 0 bridgehead atoms. The van der Waals surface area contributed by atoms with Crippen LogP contribution in [0.4, 0.5) is 0 Å². The molecule has 0 aliphatic heterocycles. The minimum absolute atomic E-state index is 0.0154. The second-order valence-corrected chi connectivity index (χ2v) is 5.42. The lowest BCUT2D eigenvalue weighted by Gasteiger charge is -2.27. The van der Waals surface area contributed by atoms with Crippen molar-refractivity contribution in [2.75, 3.05) is 27.8 Å². The minimum Gasteiger partial charge on any atom is -0.496 e. The zero-order valence-corrected chi connectivity index (χ0v) is 14.1. The summed E-state index contributed by atoms with van der Waals surface area (Å²) in [6.07, 6.45) is -0.0154. The van der Waals surface area contributed by atoms with Crippen LogP contribution in [0, 0.1) is 0 Å². The molecule has 0 radical (unpaired) electrons. The summed E-state index contributed by atoms with van der Waals surface area (Å²) in [4.78, 5) is 0. The lowest BCUT2D eigenvalue weighted by atomic mass is 10.0. The number of hydrogen-bond acceptors (Lipinski definition) is 4. The van der Waals surface area contributed by atoms with Gasteiger partial charge >= 0.3 is 0 Å². The van der Waals surface area contributed by atoms with E-state index in [4.69, 9.17) is 9.47 Å². The van der Waals surface area contributed by atoms with Crippen molar-refractivity contribution in [2.45, 2.75) is 18.7 Å². The number of methoxy groups -OCH3 is 2. The molecule has 2 aromatic rings. The third-order valence-corrected chi connectivity index (χ3v) is 3.92. The molecule has 124 valence electrons. The van der Waals surface area contributed by atoms with Crippen molar-refractivity contribution in [1.29, 1.82) is 0 Å². The second-order valence-electron chi connectivity index (χ2n) is 5.42. The van der Waals surface area contributed by atoms with Gasteiger partial charge in [0.25, 0.3) is 0 Å². The molecule has 4 nitrogen and oxygen atoms in total. The summed E-state index contributed by atoms with van der Waals surface area (Å²) < 4.78 is 11.2. The first-order valence-electron chi connectivity index (χ1n) is 7.87. The van der Waals surface area contributed by atoms with Gasteiger partial charge in [0.15, 0.2) is 0 Å². The number of ether oxygens (including phenoxy) is 2. The molecule has 2 atom stereocenters. The van der Waals surface area contributed by atoms with Gasteiger partial charge in [0.05, 0.1) is 19.3 Å². The molecule has 2 unspecified atom stereocenters. The summed E-state index contributed by atoms with van der Waals surface area (Å²) in [5, 5.41) is 6.84. The van der Waals surface area contributed by atoms with Gasteiger partial charge in [0.1, 0.15) is 5.75 Å². The molecular formula is C19H26N2O2. The number of likely N-dealkylation sites (N-methyl/N-ethyl adjacent to an activating group) is 1. The van der Waals surface area contributed by atoms with E-state index >= 15 is 0 Å². The smallest absolute Gasteiger partial charge is 0.123 e. The quantitative estimate of drug-likeness (QED) is 0.747. The molecule has 2 rings (SSSR count). The van der Waals surface area contributed by atoms with Crippen molar-refractivity contribution >= 4 is 0 Å². The summed E-state index contributed by atoms with van der Waals surface area (Å²) >= 11 is 0. The standard InChI is InChI=1S/C19H26N2O2/c1-20-14-17(19(23-3)15-9-5-4-6-10-15)21-13-16-11-7-8-12-18(16)22-2/h4-12,17,19-21H,13-14H2,1-3H3. The zero-order valence-electron chi connectivity index (χ0n) is 14.1. The van der Waals surface area contributed by atoms with Crippen LogP contribution in [-0.2, 0) is 11.3 Å². The Morgan fingerprint density at radius 3 is 2.30 bits per heavy atom. The van der Waals surface area contributed by atoms with Crippen LogP contribution in [0.3, 0.4) is 0 Å². The molecule has 0 aromatic heterocycles. The molecule has 0 fully saturated rings. The lowest BCUT2D eigenvalue weighted by Crippen LogP contribution is -2.42. The molecule has 0 heterocycles. The van der Waals surface area contributed by atoms with E-state index in [1.54, 1.807) is 14.2 Å². The molecule has 2 aromatic carbocycles. The van der Waals surface area contributed by atoms with Crippen LogP contribution in [0.2, 0.25) is 0 Å². The fourth-order valence-electron chi connectivity index (χ4n) is 2.77. The lowest BCUT2D eigenvalue weighted by molar-refractivity contribution is 0.0674. The van der Waals surface area contributed by atoms with Gasteiger partial charge in [-0.15, -0.1) is 0 Å². The maximum absolute atomic E-state index is 5.76. The molecule has 0 saturated carbocycles. The molecular weight excluding hydrogens is 288 g/mol.